The summed E-state index contributed by atoms with van der Waals surface area (Å²) in [5.74, 6) is -0.860. The maximum atomic E-state index is 13.2. The van der Waals surface area contributed by atoms with Gasteiger partial charge in [0.2, 0.25) is 0 Å². The normalized spacial score (nSPS) is 11.1. The molecule has 2 rings (SSSR count). The van der Waals surface area contributed by atoms with E-state index in [1.54, 1.807) is 12.1 Å². The fourth-order valence-corrected chi connectivity index (χ4v) is 2.73. The molecule has 0 aliphatic rings. The SMILES string of the molecule is C=CCc1cc(C(=O)NCc2ccc(F)cc2C(F)(F)F)cc(OC)c1OC. The predicted octanol–water partition coefficient (Wildman–Crippen LogP) is 4.52. The van der Waals surface area contributed by atoms with Crippen LogP contribution in [0.2, 0.25) is 0 Å². The molecule has 0 aromatic heterocycles. The second-order valence-electron chi connectivity index (χ2n) is 5.85. The van der Waals surface area contributed by atoms with Crippen LogP contribution in [0.4, 0.5) is 17.6 Å². The zero-order chi connectivity index (χ0) is 20.9. The van der Waals surface area contributed by atoms with E-state index in [2.05, 4.69) is 11.9 Å². The number of benzene rings is 2. The van der Waals surface area contributed by atoms with Crippen LogP contribution in [0, 0.1) is 5.82 Å². The number of hydrogen-bond donors (Lipinski definition) is 1. The lowest BCUT2D eigenvalue weighted by Crippen LogP contribution is -2.25. The van der Waals surface area contributed by atoms with E-state index in [0.29, 0.717) is 29.5 Å². The van der Waals surface area contributed by atoms with Crippen LogP contribution in [0.1, 0.15) is 27.0 Å². The third-order valence-electron chi connectivity index (χ3n) is 4.00. The largest absolute Gasteiger partial charge is 0.493 e. The molecule has 0 atom stereocenters. The van der Waals surface area contributed by atoms with Gasteiger partial charge < -0.3 is 14.8 Å². The van der Waals surface area contributed by atoms with Crippen molar-refractivity contribution in [2.24, 2.45) is 0 Å². The average molecular weight is 397 g/mol. The number of alkyl halides is 3. The molecule has 2 aromatic rings. The maximum absolute atomic E-state index is 13.2. The van der Waals surface area contributed by atoms with Crippen LogP contribution < -0.4 is 14.8 Å². The Labute approximate surface area is 159 Å². The molecule has 0 saturated carbocycles. The van der Waals surface area contributed by atoms with Gasteiger partial charge in [0.25, 0.3) is 5.91 Å². The second-order valence-corrected chi connectivity index (χ2v) is 5.85. The van der Waals surface area contributed by atoms with E-state index in [-0.39, 0.29) is 11.1 Å². The van der Waals surface area contributed by atoms with Crippen LogP contribution in [-0.2, 0) is 19.1 Å². The highest BCUT2D eigenvalue weighted by atomic mass is 19.4. The molecule has 0 radical (unpaired) electrons. The number of carbonyl (C=O) groups excluding carboxylic acids is 1. The van der Waals surface area contributed by atoms with Gasteiger partial charge in [-0.2, -0.15) is 13.2 Å². The van der Waals surface area contributed by atoms with Gasteiger partial charge in [-0.05, 0) is 36.2 Å². The van der Waals surface area contributed by atoms with Crippen LogP contribution in [0.15, 0.2) is 43.0 Å². The minimum absolute atomic E-state index is 0.185. The van der Waals surface area contributed by atoms with Crippen LogP contribution in [0.3, 0.4) is 0 Å². The third-order valence-corrected chi connectivity index (χ3v) is 4.00. The van der Waals surface area contributed by atoms with Gasteiger partial charge in [-0.25, -0.2) is 4.39 Å². The zero-order valence-electron chi connectivity index (χ0n) is 15.3. The molecule has 0 bridgehead atoms. The summed E-state index contributed by atoms with van der Waals surface area (Å²) in [5, 5.41) is 2.42. The van der Waals surface area contributed by atoms with Crippen molar-refractivity contribution >= 4 is 5.91 Å². The molecule has 0 aliphatic heterocycles. The Morgan fingerprint density at radius 1 is 1.14 bits per heavy atom. The van der Waals surface area contributed by atoms with E-state index in [4.69, 9.17) is 9.47 Å². The van der Waals surface area contributed by atoms with E-state index < -0.39 is 30.0 Å². The highest BCUT2D eigenvalue weighted by Crippen LogP contribution is 2.34. The number of ether oxygens (including phenoxy) is 2. The molecule has 8 heteroatoms. The number of halogens is 4. The number of nitrogens with one attached hydrogen (secondary N) is 1. The van der Waals surface area contributed by atoms with E-state index in [0.717, 1.165) is 12.1 Å². The standard InChI is InChI=1S/C20H19F4NO3/c1-4-5-12-8-14(9-17(27-2)18(12)28-3)19(26)25-11-13-6-7-15(21)10-16(13)20(22,23)24/h4,6-10H,1,5,11H2,2-3H3,(H,25,26). The number of allylic oxidation sites excluding steroid dienone is 1. The monoisotopic (exact) mass is 397 g/mol. The summed E-state index contributed by atoms with van der Waals surface area (Å²) in [4.78, 5) is 12.5. The Bertz CT molecular complexity index is 878. The van der Waals surface area contributed by atoms with Gasteiger partial charge in [0.15, 0.2) is 11.5 Å². The van der Waals surface area contributed by atoms with Crippen LogP contribution >= 0.6 is 0 Å². The van der Waals surface area contributed by atoms with Crippen LogP contribution in [0.5, 0.6) is 11.5 Å². The Balaban J connectivity index is 2.29. The Hall–Kier alpha value is -3.03. The van der Waals surface area contributed by atoms with E-state index in [1.807, 2.05) is 0 Å². The molecular weight excluding hydrogens is 378 g/mol. The van der Waals surface area contributed by atoms with Crippen molar-refractivity contribution in [1.29, 1.82) is 0 Å². The first kappa shape index (κ1) is 21.3. The van der Waals surface area contributed by atoms with Crippen molar-refractivity contribution < 1.29 is 31.8 Å². The quantitative estimate of drug-likeness (QED) is 0.552. The number of amides is 1. The minimum atomic E-state index is -4.73. The van der Waals surface area contributed by atoms with Gasteiger partial charge in [0, 0.05) is 17.7 Å². The molecule has 28 heavy (non-hydrogen) atoms. The molecule has 0 fully saturated rings. The third kappa shape index (κ3) is 4.82. The highest BCUT2D eigenvalue weighted by Gasteiger charge is 2.33. The summed E-state index contributed by atoms with van der Waals surface area (Å²) in [6.45, 7) is 3.23. The van der Waals surface area contributed by atoms with Gasteiger partial charge in [-0.15, -0.1) is 6.58 Å². The lowest BCUT2D eigenvalue weighted by molar-refractivity contribution is -0.138. The molecule has 1 N–H and O–H groups in total. The Kier molecular flexibility index (Phi) is 6.66. The van der Waals surface area contributed by atoms with Crippen molar-refractivity contribution in [1.82, 2.24) is 5.32 Å². The first-order valence-corrected chi connectivity index (χ1v) is 8.20. The van der Waals surface area contributed by atoms with Crippen molar-refractivity contribution in [2.45, 2.75) is 19.1 Å². The van der Waals surface area contributed by atoms with Crippen molar-refractivity contribution in [3.63, 3.8) is 0 Å². The Morgan fingerprint density at radius 2 is 1.86 bits per heavy atom. The van der Waals surface area contributed by atoms with Gasteiger partial charge in [-0.1, -0.05) is 12.1 Å². The average Bonchev–Trinajstić information content (AvgIpc) is 2.65. The molecule has 0 spiro atoms. The molecule has 150 valence electrons. The summed E-state index contributed by atoms with van der Waals surface area (Å²) < 4.78 is 62.9. The molecule has 0 unspecified atom stereocenters. The summed E-state index contributed by atoms with van der Waals surface area (Å²) in [6.07, 6.45) is -2.72. The summed E-state index contributed by atoms with van der Waals surface area (Å²) in [7, 11) is 2.86. The number of hydrogen-bond acceptors (Lipinski definition) is 3. The number of carbonyl (C=O) groups is 1. The lowest BCUT2D eigenvalue weighted by Gasteiger charge is -2.16. The fraction of sp³-hybridized carbons (Fsp3) is 0.250. The topological polar surface area (TPSA) is 47.6 Å². The van der Waals surface area contributed by atoms with Gasteiger partial charge in [0.05, 0.1) is 19.8 Å². The van der Waals surface area contributed by atoms with Crippen LogP contribution in [0.25, 0.3) is 0 Å². The molecule has 2 aromatic carbocycles. The van der Waals surface area contributed by atoms with Crippen molar-refractivity contribution in [3.8, 4) is 11.5 Å². The Morgan fingerprint density at radius 3 is 2.43 bits per heavy atom. The van der Waals surface area contributed by atoms with Gasteiger partial charge in [-0.3, -0.25) is 4.79 Å². The molecule has 0 aliphatic carbocycles. The smallest absolute Gasteiger partial charge is 0.416 e. The summed E-state index contributed by atoms with van der Waals surface area (Å²) in [5.41, 5.74) is -0.550. The first-order valence-electron chi connectivity index (χ1n) is 8.20. The number of rotatable bonds is 7. The van der Waals surface area contributed by atoms with E-state index in [9.17, 15) is 22.4 Å². The maximum Gasteiger partial charge on any atom is 0.416 e. The van der Waals surface area contributed by atoms with Gasteiger partial charge in [0.1, 0.15) is 5.82 Å². The van der Waals surface area contributed by atoms with Crippen molar-refractivity contribution in [2.75, 3.05) is 14.2 Å². The molecular formula is C20H19F4NO3. The van der Waals surface area contributed by atoms with Gasteiger partial charge >= 0.3 is 6.18 Å². The second kappa shape index (κ2) is 8.77. The first-order chi connectivity index (χ1) is 13.2. The lowest BCUT2D eigenvalue weighted by atomic mass is 10.0. The summed E-state index contributed by atoms with van der Waals surface area (Å²) in [6, 6.07) is 5.29. The van der Waals surface area contributed by atoms with E-state index in [1.165, 1.54) is 20.3 Å². The number of methoxy groups -OCH3 is 2. The zero-order valence-corrected chi connectivity index (χ0v) is 15.3. The predicted molar refractivity (Wildman–Crippen MR) is 96.0 cm³/mol. The van der Waals surface area contributed by atoms with E-state index >= 15 is 0 Å². The molecule has 4 nitrogen and oxygen atoms in total. The molecule has 0 saturated heterocycles. The molecule has 0 heterocycles. The molecule has 1 amide bonds. The minimum Gasteiger partial charge on any atom is -0.493 e. The van der Waals surface area contributed by atoms with Crippen molar-refractivity contribution in [3.05, 3.63) is 71.1 Å². The summed E-state index contributed by atoms with van der Waals surface area (Å²) >= 11 is 0. The fourth-order valence-electron chi connectivity index (χ4n) is 2.73. The van der Waals surface area contributed by atoms with Crippen LogP contribution in [-0.4, -0.2) is 20.1 Å². The highest BCUT2D eigenvalue weighted by molar-refractivity contribution is 5.95.